The molecule has 1 aromatic heterocycles. The van der Waals surface area contributed by atoms with Crippen molar-refractivity contribution in [2.24, 2.45) is 0 Å². The van der Waals surface area contributed by atoms with E-state index in [1.165, 1.54) is 12.1 Å². The molecule has 0 radical (unpaired) electrons. The van der Waals surface area contributed by atoms with Gasteiger partial charge in [0.25, 0.3) is 5.69 Å². The van der Waals surface area contributed by atoms with Gasteiger partial charge >= 0.3 is 0 Å². The van der Waals surface area contributed by atoms with Crippen LogP contribution in [0.2, 0.25) is 10.2 Å². The van der Waals surface area contributed by atoms with Crippen molar-refractivity contribution in [2.75, 3.05) is 0 Å². The van der Waals surface area contributed by atoms with E-state index in [2.05, 4.69) is 4.98 Å². The molecule has 0 N–H and O–H groups in total. The minimum Gasteiger partial charge on any atom is -0.487 e. The molecule has 0 saturated heterocycles. The number of aromatic nitrogens is 1. The number of hydrogen-bond donors (Lipinski definition) is 0. The summed E-state index contributed by atoms with van der Waals surface area (Å²) in [7, 11) is 0. The number of halogens is 2. The van der Waals surface area contributed by atoms with Gasteiger partial charge in [0.15, 0.2) is 0 Å². The van der Waals surface area contributed by atoms with Crippen LogP contribution in [0, 0.1) is 17.0 Å². The zero-order chi connectivity index (χ0) is 14.7. The molecule has 0 spiro atoms. The number of hydrogen-bond acceptors (Lipinski definition) is 4. The SMILES string of the molecule is Cc1cc([N+](=O)[O-])ccc1OCc1nc(Cl)ccc1Cl. The van der Waals surface area contributed by atoms with Gasteiger partial charge in [-0.2, -0.15) is 0 Å². The number of nitro benzene ring substituents is 1. The van der Waals surface area contributed by atoms with Crippen molar-refractivity contribution >= 4 is 28.9 Å². The highest BCUT2D eigenvalue weighted by Crippen LogP contribution is 2.25. The maximum Gasteiger partial charge on any atom is 0.269 e. The lowest BCUT2D eigenvalue weighted by molar-refractivity contribution is -0.384. The molecule has 1 heterocycles. The molecule has 1 aromatic carbocycles. The first-order chi connectivity index (χ1) is 9.47. The Morgan fingerprint density at radius 3 is 2.70 bits per heavy atom. The lowest BCUT2D eigenvalue weighted by atomic mass is 10.2. The molecule has 104 valence electrons. The van der Waals surface area contributed by atoms with Gasteiger partial charge in [0, 0.05) is 12.1 Å². The normalized spacial score (nSPS) is 10.3. The Bertz CT molecular complexity index is 662. The topological polar surface area (TPSA) is 65.3 Å². The summed E-state index contributed by atoms with van der Waals surface area (Å²) in [6.07, 6.45) is 0. The number of nitro groups is 1. The molecule has 5 nitrogen and oxygen atoms in total. The molecular weight excluding hydrogens is 303 g/mol. The van der Waals surface area contributed by atoms with Gasteiger partial charge in [-0.25, -0.2) is 4.98 Å². The van der Waals surface area contributed by atoms with Crippen molar-refractivity contribution in [2.45, 2.75) is 13.5 Å². The number of non-ortho nitro benzene ring substituents is 1. The van der Waals surface area contributed by atoms with Crippen molar-refractivity contribution < 1.29 is 9.66 Å². The van der Waals surface area contributed by atoms with Crippen molar-refractivity contribution in [3.8, 4) is 5.75 Å². The molecular formula is C13H10Cl2N2O3. The number of aryl methyl sites for hydroxylation is 1. The Morgan fingerprint density at radius 2 is 2.05 bits per heavy atom. The van der Waals surface area contributed by atoms with E-state index in [9.17, 15) is 10.1 Å². The third-order valence-electron chi connectivity index (χ3n) is 2.62. The van der Waals surface area contributed by atoms with Gasteiger partial charge in [-0.05, 0) is 30.7 Å². The minimum atomic E-state index is -0.452. The molecule has 0 aliphatic rings. The fourth-order valence-corrected chi connectivity index (χ4v) is 1.94. The summed E-state index contributed by atoms with van der Waals surface area (Å²) in [5.74, 6) is 0.536. The van der Waals surface area contributed by atoms with Gasteiger partial charge in [0.2, 0.25) is 0 Å². The fraction of sp³-hybridized carbons (Fsp3) is 0.154. The fourth-order valence-electron chi connectivity index (χ4n) is 1.61. The monoisotopic (exact) mass is 312 g/mol. The number of benzene rings is 1. The van der Waals surface area contributed by atoms with E-state index in [1.54, 1.807) is 25.1 Å². The maximum atomic E-state index is 10.6. The van der Waals surface area contributed by atoms with E-state index in [4.69, 9.17) is 27.9 Å². The number of pyridine rings is 1. The van der Waals surface area contributed by atoms with E-state index < -0.39 is 4.92 Å². The molecule has 0 fully saturated rings. The lowest BCUT2D eigenvalue weighted by Gasteiger charge is -2.09. The Kier molecular flexibility index (Phi) is 4.42. The number of rotatable bonds is 4. The molecule has 0 bridgehead atoms. The van der Waals surface area contributed by atoms with Crippen molar-refractivity contribution in [3.05, 3.63) is 61.9 Å². The van der Waals surface area contributed by atoms with E-state index in [1.807, 2.05) is 0 Å². The summed E-state index contributed by atoms with van der Waals surface area (Å²) in [6.45, 7) is 1.87. The van der Waals surface area contributed by atoms with Crippen molar-refractivity contribution in [1.29, 1.82) is 0 Å². The van der Waals surface area contributed by atoms with Gasteiger partial charge in [-0.3, -0.25) is 10.1 Å². The van der Waals surface area contributed by atoms with Gasteiger partial charge in [-0.1, -0.05) is 23.2 Å². The first kappa shape index (κ1) is 14.6. The van der Waals surface area contributed by atoms with E-state index >= 15 is 0 Å². The van der Waals surface area contributed by atoms with Crippen LogP contribution in [0.3, 0.4) is 0 Å². The van der Waals surface area contributed by atoms with E-state index in [0.29, 0.717) is 27.2 Å². The summed E-state index contributed by atoms with van der Waals surface area (Å²) in [5.41, 5.74) is 1.20. The van der Waals surface area contributed by atoms with Gasteiger partial charge in [-0.15, -0.1) is 0 Å². The standard InChI is InChI=1S/C13H10Cl2N2O3/c1-8-6-9(17(18)19)2-4-12(8)20-7-11-10(14)3-5-13(15)16-11/h2-6H,7H2,1H3. The van der Waals surface area contributed by atoms with E-state index in [0.717, 1.165) is 0 Å². The van der Waals surface area contributed by atoms with Crippen LogP contribution in [0.15, 0.2) is 30.3 Å². The molecule has 0 aliphatic carbocycles. The van der Waals surface area contributed by atoms with Gasteiger partial charge in [0.1, 0.15) is 17.5 Å². The third-order valence-corrected chi connectivity index (χ3v) is 3.17. The minimum absolute atomic E-state index is 0.0220. The second-order valence-corrected chi connectivity index (χ2v) is 4.85. The molecule has 2 aromatic rings. The van der Waals surface area contributed by atoms with Crippen molar-refractivity contribution in [1.82, 2.24) is 4.98 Å². The highest BCUT2D eigenvalue weighted by Gasteiger charge is 2.10. The van der Waals surface area contributed by atoms with Gasteiger partial charge in [0.05, 0.1) is 15.6 Å². The third kappa shape index (κ3) is 3.37. The molecule has 0 saturated carbocycles. The molecule has 2 rings (SSSR count). The zero-order valence-corrected chi connectivity index (χ0v) is 12.0. The quantitative estimate of drug-likeness (QED) is 0.482. The highest BCUT2D eigenvalue weighted by molar-refractivity contribution is 6.32. The van der Waals surface area contributed by atoms with Gasteiger partial charge < -0.3 is 4.74 Å². The second-order valence-electron chi connectivity index (χ2n) is 4.06. The molecule has 0 amide bonds. The van der Waals surface area contributed by atoms with Crippen LogP contribution in [0.1, 0.15) is 11.3 Å². The Hall–Kier alpha value is -1.85. The lowest BCUT2D eigenvalue weighted by Crippen LogP contribution is -2.01. The Morgan fingerprint density at radius 1 is 1.30 bits per heavy atom. The van der Waals surface area contributed by atoms with Crippen LogP contribution in [0.4, 0.5) is 5.69 Å². The van der Waals surface area contributed by atoms with Crippen LogP contribution in [-0.4, -0.2) is 9.91 Å². The Balaban J connectivity index is 2.15. The number of nitrogens with zero attached hydrogens (tertiary/aromatic N) is 2. The summed E-state index contributed by atoms with van der Waals surface area (Å²) in [6, 6.07) is 7.60. The van der Waals surface area contributed by atoms with Crippen LogP contribution >= 0.6 is 23.2 Å². The van der Waals surface area contributed by atoms with Crippen LogP contribution in [-0.2, 0) is 6.61 Å². The molecule has 0 atom stereocenters. The first-order valence-electron chi connectivity index (χ1n) is 5.66. The average molecular weight is 313 g/mol. The predicted octanol–water partition coefficient (Wildman–Crippen LogP) is 4.18. The largest absolute Gasteiger partial charge is 0.487 e. The molecule has 7 heteroatoms. The summed E-state index contributed by atoms with van der Waals surface area (Å²) in [5, 5.41) is 11.4. The predicted molar refractivity (Wildman–Crippen MR) is 76.4 cm³/mol. The molecule has 20 heavy (non-hydrogen) atoms. The highest BCUT2D eigenvalue weighted by atomic mass is 35.5. The summed E-state index contributed by atoms with van der Waals surface area (Å²) >= 11 is 11.8. The summed E-state index contributed by atoms with van der Waals surface area (Å²) < 4.78 is 5.57. The molecule has 0 aliphatic heterocycles. The summed E-state index contributed by atoms with van der Waals surface area (Å²) in [4.78, 5) is 14.3. The average Bonchev–Trinajstić information content (AvgIpc) is 2.40. The number of ether oxygens (including phenoxy) is 1. The smallest absolute Gasteiger partial charge is 0.269 e. The maximum absolute atomic E-state index is 10.6. The van der Waals surface area contributed by atoms with E-state index in [-0.39, 0.29) is 12.3 Å². The van der Waals surface area contributed by atoms with Crippen LogP contribution in [0.25, 0.3) is 0 Å². The Labute approximate surface area is 125 Å². The van der Waals surface area contributed by atoms with Crippen molar-refractivity contribution in [3.63, 3.8) is 0 Å². The first-order valence-corrected chi connectivity index (χ1v) is 6.41. The van der Waals surface area contributed by atoms with Crippen LogP contribution < -0.4 is 4.74 Å². The van der Waals surface area contributed by atoms with Crippen LogP contribution in [0.5, 0.6) is 5.75 Å². The zero-order valence-electron chi connectivity index (χ0n) is 10.5. The second kappa shape index (κ2) is 6.07. The molecule has 0 unspecified atom stereocenters.